The van der Waals surface area contributed by atoms with Crippen molar-refractivity contribution < 1.29 is 0 Å². The highest BCUT2D eigenvalue weighted by Gasteiger charge is 2.04. The van der Waals surface area contributed by atoms with E-state index in [9.17, 15) is 0 Å². The Labute approximate surface area is 135 Å². The Hall–Kier alpha value is -1.92. The van der Waals surface area contributed by atoms with E-state index in [0.717, 1.165) is 30.8 Å². The molecule has 1 aromatic carbocycles. The molecule has 0 saturated heterocycles. The molecule has 0 unspecified atom stereocenters. The van der Waals surface area contributed by atoms with Gasteiger partial charge in [0.05, 0.1) is 6.20 Å². The van der Waals surface area contributed by atoms with Gasteiger partial charge in [0.15, 0.2) is 5.82 Å². The fraction of sp³-hybridized carbons (Fsp3) is 0.400. The zero-order chi connectivity index (χ0) is 15.9. The molecule has 0 atom stereocenters. The van der Waals surface area contributed by atoms with Crippen molar-refractivity contribution in [3.63, 3.8) is 0 Å². The first-order chi connectivity index (χ1) is 10.5. The third-order valence-electron chi connectivity index (χ3n) is 3.09. The van der Waals surface area contributed by atoms with Crippen LogP contribution in [-0.2, 0) is 0 Å². The zero-order valence-corrected chi connectivity index (χ0v) is 13.9. The first kappa shape index (κ1) is 16.5. The van der Waals surface area contributed by atoms with Gasteiger partial charge in [0.1, 0.15) is 0 Å². The molecule has 2 N–H and O–H groups in total. The van der Waals surface area contributed by atoms with Crippen LogP contribution < -0.4 is 10.6 Å². The number of rotatable bonds is 7. The number of aromatic nitrogens is 3. The number of nitrogens with zero attached hydrogens (tertiary/aromatic N) is 4. The number of hydrogen-bond donors (Lipinski definition) is 2. The first-order valence-corrected chi connectivity index (χ1v) is 7.54. The van der Waals surface area contributed by atoms with Crippen LogP contribution in [0.15, 0.2) is 24.4 Å². The van der Waals surface area contributed by atoms with Gasteiger partial charge in [-0.1, -0.05) is 17.7 Å². The summed E-state index contributed by atoms with van der Waals surface area (Å²) in [5.41, 5.74) is 2.00. The summed E-state index contributed by atoms with van der Waals surface area (Å²) in [6, 6.07) is 5.68. The number of benzene rings is 1. The molecule has 22 heavy (non-hydrogen) atoms. The maximum Gasteiger partial charge on any atom is 0.244 e. The molecule has 0 bridgehead atoms. The van der Waals surface area contributed by atoms with Crippen molar-refractivity contribution in [3.05, 3.63) is 35.0 Å². The zero-order valence-electron chi connectivity index (χ0n) is 13.1. The molecule has 6 nitrogen and oxygen atoms in total. The summed E-state index contributed by atoms with van der Waals surface area (Å²) in [7, 11) is 4.10. The van der Waals surface area contributed by atoms with Crippen molar-refractivity contribution in [2.24, 2.45) is 0 Å². The van der Waals surface area contributed by atoms with Gasteiger partial charge in [-0.2, -0.15) is 10.1 Å². The Bertz CT molecular complexity index is 617. The topological polar surface area (TPSA) is 66.0 Å². The highest BCUT2D eigenvalue weighted by atomic mass is 35.5. The largest absolute Gasteiger partial charge is 0.353 e. The van der Waals surface area contributed by atoms with Crippen LogP contribution in [0.1, 0.15) is 12.0 Å². The fourth-order valence-corrected chi connectivity index (χ4v) is 2.07. The third kappa shape index (κ3) is 5.13. The summed E-state index contributed by atoms with van der Waals surface area (Å²) in [5.74, 6) is 1.15. The highest BCUT2D eigenvalue weighted by molar-refractivity contribution is 6.30. The van der Waals surface area contributed by atoms with Crippen molar-refractivity contribution in [1.82, 2.24) is 20.1 Å². The maximum absolute atomic E-state index is 6.02. The minimum absolute atomic E-state index is 0.517. The first-order valence-electron chi connectivity index (χ1n) is 7.16. The van der Waals surface area contributed by atoms with E-state index in [2.05, 4.69) is 44.8 Å². The second kappa shape index (κ2) is 7.91. The minimum atomic E-state index is 0.517. The van der Waals surface area contributed by atoms with E-state index in [1.165, 1.54) is 0 Å². The van der Waals surface area contributed by atoms with Gasteiger partial charge >= 0.3 is 0 Å². The predicted molar refractivity (Wildman–Crippen MR) is 91.0 cm³/mol. The molecule has 118 valence electrons. The Morgan fingerprint density at radius 1 is 1.27 bits per heavy atom. The van der Waals surface area contributed by atoms with Crippen molar-refractivity contribution in [2.45, 2.75) is 13.3 Å². The van der Waals surface area contributed by atoms with Gasteiger partial charge in [0.2, 0.25) is 5.95 Å². The van der Waals surface area contributed by atoms with E-state index >= 15 is 0 Å². The quantitative estimate of drug-likeness (QED) is 0.765. The van der Waals surface area contributed by atoms with E-state index < -0.39 is 0 Å². The third-order valence-corrected chi connectivity index (χ3v) is 3.32. The van der Waals surface area contributed by atoms with E-state index in [0.29, 0.717) is 16.8 Å². The van der Waals surface area contributed by atoms with Crippen LogP contribution in [0.25, 0.3) is 0 Å². The maximum atomic E-state index is 6.02. The molecule has 2 rings (SSSR count). The van der Waals surface area contributed by atoms with Crippen molar-refractivity contribution >= 4 is 29.1 Å². The van der Waals surface area contributed by atoms with E-state index in [1.54, 1.807) is 6.20 Å². The number of halogens is 1. The van der Waals surface area contributed by atoms with Crippen LogP contribution in [0, 0.1) is 6.92 Å². The monoisotopic (exact) mass is 320 g/mol. The molecule has 0 radical (unpaired) electrons. The lowest BCUT2D eigenvalue weighted by Crippen LogP contribution is -2.17. The standard InChI is InChI=1S/C15H21ClN6/c1-11-5-6-12(16)9-13(11)19-14-10-18-21-15(20-14)17-7-4-8-22(2)3/h5-6,9-10H,4,7-8H2,1-3H3,(H2,17,19,20,21). The van der Waals surface area contributed by atoms with E-state index in [4.69, 9.17) is 11.6 Å². The summed E-state index contributed by atoms with van der Waals surface area (Å²) >= 11 is 6.02. The van der Waals surface area contributed by atoms with Crippen LogP contribution in [0.2, 0.25) is 5.02 Å². The van der Waals surface area contributed by atoms with Gasteiger partial charge < -0.3 is 15.5 Å². The van der Waals surface area contributed by atoms with Gasteiger partial charge in [-0.05, 0) is 51.7 Å². The molecule has 0 aliphatic carbocycles. The average Bonchev–Trinajstić information content (AvgIpc) is 2.48. The molecule has 7 heteroatoms. The fourth-order valence-electron chi connectivity index (χ4n) is 1.90. The smallest absolute Gasteiger partial charge is 0.244 e. The summed E-state index contributed by atoms with van der Waals surface area (Å²) in [6.07, 6.45) is 2.60. The summed E-state index contributed by atoms with van der Waals surface area (Å²) in [5, 5.41) is 15.0. The average molecular weight is 321 g/mol. The Morgan fingerprint density at radius 3 is 2.86 bits per heavy atom. The normalized spacial score (nSPS) is 10.8. The van der Waals surface area contributed by atoms with Crippen LogP contribution in [0.4, 0.5) is 17.5 Å². The van der Waals surface area contributed by atoms with Crippen LogP contribution in [0.5, 0.6) is 0 Å². The predicted octanol–water partition coefficient (Wildman–Crippen LogP) is 2.94. The van der Waals surface area contributed by atoms with Gasteiger partial charge in [-0.25, -0.2) is 0 Å². The molecule has 0 aliphatic heterocycles. The second-order valence-corrected chi connectivity index (χ2v) is 5.77. The lowest BCUT2D eigenvalue weighted by molar-refractivity contribution is 0.405. The molecule has 2 aromatic rings. The van der Waals surface area contributed by atoms with Gasteiger partial charge in [-0.3, -0.25) is 0 Å². The second-order valence-electron chi connectivity index (χ2n) is 5.33. The van der Waals surface area contributed by atoms with E-state index in [1.807, 2.05) is 25.1 Å². The summed E-state index contributed by atoms with van der Waals surface area (Å²) in [6.45, 7) is 3.83. The van der Waals surface area contributed by atoms with Gasteiger partial charge in [-0.15, -0.1) is 5.10 Å². The van der Waals surface area contributed by atoms with Gasteiger partial charge in [0, 0.05) is 17.3 Å². The number of hydrogen-bond acceptors (Lipinski definition) is 6. The van der Waals surface area contributed by atoms with Crippen LogP contribution in [-0.4, -0.2) is 47.3 Å². The molecule has 1 heterocycles. The lowest BCUT2D eigenvalue weighted by Gasteiger charge is -2.11. The summed E-state index contributed by atoms with van der Waals surface area (Å²) in [4.78, 5) is 6.54. The van der Waals surface area contributed by atoms with Gasteiger partial charge in [0.25, 0.3) is 0 Å². The number of anilines is 3. The molecule has 0 saturated carbocycles. The lowest BCUT2D eigenvalue weighted by atomic mass is 10.2. The minimum Gasteiger partial charge on any atom is -0.353 e. The molecular weight excluding hydrogens is 300 g/mol. The molecule has 1 aromatic heterocycles. The number of aryl methyl sites for hydroxylation is 1. The SMILES string of the molecule is Cc1ccc(Cl)cc1Nc1cnnc(NCCCN(C)C)n1. The van der Waals surface area contributed by atoms with Crippen molar-refractivity contribution in [3.8, 4) is 0 Å². The Kier molecular flexibility index (Phi) is 5.91. The molecule has 0 amide bonds. The molecular formula is C15H21ClN6. The Balaban J connectivity index is 1.97. The van der Waals surface area contributed by atoms with Crippen molar-refractivity contribution in [2.75, 3.05) is 37.8 Å². The van der Waals surface area contributed by atoms with E-state index in [-0.39, 0.29) is 0 Å². The summed E-state index contributed by atoms with van der Waals surface area (Å²) < 4.78 is 0. The van der Waals surface area contributed by atoms with Crippen molar-refractivity contribution in [1.29, 1.82) is 0 Å². The van der Waals surface area contributed by atoms with Crippen LogP contribution in [0.3, 0.4) is 0 Å². The number of nitrogens with one attached hydrogen (secondary N) is 2. The molecule has 0 aliphatic rings. The highest BCUT2D eigenvalue weighted by Crippen LogP contribution is 2.23. The molecule has 0 spiro atoms. The Morgan fingerprint density at radius 2 is 2.09 bits per heavy atom. The van der Waals surface area contributed by atoms with Crippen LogP contribution >= 0.6 is 11.6 Å². The molecule has 0 fully saturated rings.